The van der Waals surface area contributed by atoms with Crippen molar-refractivity contribution < 1.29 is 28.5 Å². The van der Waals surface area contributed by atoms with Crippen molar-refractivity contribution in [2.24, 2.45) is 0 Å². The molecule has 0 N–H and O–H groups in total. The van der Waals surface area contributed by atoms with Crippen LogP contribution in [0, 0.1) is 0 Å². The van der Waals surface area contributed by atoms with Crippen molar-refractivity contribution >= 4 is 16.9 Å². The lowest BCUT2D eigenvalue weighted by molar-refractivity contribution is 0.0588. The molecule has 0 aliphatic rings. The molecule has 1 heterocycles. The lowest BCUT2D eigenvalue weighted by atomic mass is 10.0. The highest BCUT2D eigenvalue weighted by atomic mass is 16.5. The van der Waals surface area contributed by atoms with Crippen molar-refractivity contribution in [1.29, 1.82) is 0 Å². The second-order valence-electron chi connectivity index (χ2n) is 6.31. The van der Waals surface area contributed by atoms with Crippen molar-refractivity contribution in [3.8, 4) is 28.4 Å². The van der Waals surface area contributed by atoms with Gasteiger partial charge in [-0.1, -0.05) is 12.1 Å². The van der Waals surface area contributed by atoms with Gasteiger partial charge in [0.15, 0.2) is 11.5 Å². The van der Waals surface area contributed by atoms with Gasteiger partial charge < -0.3 is 28.3 Å². The van der Waals surface area contributed by atoms with Crippen molar-refractivity contribution in [2.75, 3.05) is 42.2 Å². The highest BCUT2D eigenvalue weighted by molar-refractivity contribution is 6.09. The van der Waals surface area contributed by atoms with E-state index in [9.17, 15) is 4.79 Å². The molecule has 0 spiro atoms. The van der Waals surface area contributed by atoms with Gasteiger partial charge in [0.2, 0.25) is 0 Å². The number of hydrogen-bond donors (Lipinski definition) is 0. The monoisotopic (exact) mass is 399 g/mol. The molecule has 0 radical (unpaired) electrons. The van der Waals surface area contributed by atoms with E-state index in [1.165, 1.54) is 7.11 Å². The molecule has 154 valence electrons. The molecule has 0 fully saturated rings. The standard InChI is InChI=1S/C22H25NO6/c1-25-11-10-23-17-13-19(28-4)18(27-3)12-16(17)20(21(23)22(24)29-5)14-6-8-15(26-2)9-7-14/h6-9,12-13H,10-11H2,1-5H3. The van der Waals surface area contributed by atoms with Crippen LogP contribution >= 0.6 is 0 Å². The number of methoxy groups -OCH3 is 5. The van der Waals surface area contributed by atoms with Crippen LogP contribution in [-0.2, 0) is 16.0 Å². The van der Waals surface area contributed by atoms with Crippen molar-refractivity contribution in [3.63, 3.8) is 0 Å². The molecular formula is C22H25NO6. The zero-order chi connectivity index (χ0) is 21.0. The highest BCUT2D eigenvalue weighted by Crippen LogP contribution is 2.41. The first kappa shape index (κ1) is 20.5. The van der Waals surface area contributed by atoms with Crippen molar-refractivity contribution in [2.45, 2.75) is 6.54 Å². The molecular weight excluding hydrogens is 374 g/mol. The molecule has 29 heavy (non-hydrogen) atoms. The maximum atomic E-state index is 12.8. The van der Waals surface area contributed by atoms with Gasteiger partial charge in [0.05, 0.1) is 40.6 Å². The van der Waals surface area contributed by atoms with E-state index in [2.05, 4.69) is 0 Å². The Morgan fingerprint density at radius 3 is 2.10 bits per heavy atom. The summed E-state index contributed by atoms with van der Waals surface area (Å²) in [4.78, 5) is 12.8. The lowest BCUT2D eigenvalue weighted by Crippen LogP contribution is -2.14. The zero-order valence-electron chi connectivity index (χ0n) is 17.3. The number of carbonyl (C=O) groups is 1. The minimum Gasteiger partial charge on any atom is -0.497 e. The number of hydrogen-bond acceptors (Lipinski definition) is 6. The summed E-state index contributed by atoms with van der Waals surface area (Å²) in [7, 11) is 7.78. The second kappa shape index (κ2) is 8.87. The Hall–Kier alpha value is -3.19. The summed E-state index contributed by atoms with van der Waals surface area (Å²) in [6.07, 6.45) is 0. The van der Waals surface area contributed by atoms with Crippen LogP contribution in [0.5, 0.6) is 17.2 Å². The fourth-order valence-electron chi connectivity index (χ4n) is 3.45. The number of ether oxygens (including phenoxy) is 5. The Labute approximate surface area is 169 Å². The van der Waals surface area contributed by atoms with Gasteiger partial charge in [0.25, 0.3) is 0 Å². The van der Waals surface area contributed by atoms with Gasteiger partial charge in [-0.3, -0.25) is 0 Å². The molecule has 0 amide bonds. The average molecular weight is 399 g/mol. The summed E-state index contributed by atoms with van der Waals surface area (Å²) in [5.74, 6) is 1.46. The Morgan fingerprint density at radius 2 is 1.55 bits per heavy atom. The van der Waals surface area contributed by atoms with Crippen LogP contribution in [0.4, 0.5) is 0 Å². The van der Waals surface area contributed by atoms with E-state index < -0.39 is 5.97 Å². The highest BCUT2D eigenvalue weighted by Gasteiger charge is 2.26. The summed E-state index contributed by atoms with van der Waals surface area (Å²) in [5, 5.41) is 0.851. The van der Waals surface area contributed by atoms with Crippen LogP contribution in [-0.4, -0.2) is 52.7 Å². The van der Waals surface area contributed by atoms with E-state index >= 15 is 0 Å². The van der Waals surface area contributed by atoms with Gasteiger partial charge in [-0.05, 0) is 23.8 Å². The third-order valence-electron chi connectivity index (χ3n) is 4.85. The second-order valence-corrected chi connectivity index (χ2v) is 6.31. The molecule has 1 aromatic heterocycles. The smallest absolute Gasteiger partial charge is 0.355 e. The van der Waals surface area contributed by atoms with Gasteiger partial charge in [0.1, 0.15) is 11.4 Å². The molecule has 7 nitrogen and oxygen atoms in total. The number of fused-ring (bicyclic) bond motifs is 1. The largest absolute Gasteiger partial charge is 0.497 e. The Bertz CT molecular complexity index is 1010. The summed E-state index contributed by atoms with van der Waals surface area (Å²) in [6, 6.07) is 11.3. The molecule has 7 heteroatoms. The molecule has 0 saturated carbocycles. The molecule has 0 unspecified atom stereocenters. The number of carbonyl (C=O) groups excluding carboxylic acids is 1. The first-order chi connectivity index (χ1) is 14.1. The Balaban J connectivity index is 2.39. The topological polar surface area (TPSA) is 68.2 Å². The zero-order valence-corrected chi connectivity index (χ0v) is 17.3. The lowest BCUT2D eigenvalue weighted by Gasteiger charge is -2.11. The van der Waals surface area contributed by atoms with Crippen molar-refractivity contribution in [1.82, 2.24) is 4.57 Å². The first-order valence-corrected chi connectivity index (χ1v) is 9.09. The minimum atomic E-state index is -0.430. The van der Waals surface area contributed by atoms with E-state index in [1.807, 2.05) is 41.0 Å². The SMILES string of the molecule is COCCn1c(C(=O)OC)c(-c2ccc(OC)cc2)c2cc(OC)c(OC)cc21. The maximum absolute atomic E-state index is 12.8. The van der Waals surface area contributed by atoms with E-state index in [1.54, 1.807) is 28.4 Å². The van der Waals surface area contributed by atoms with E-state index in [4.69, 9.17) is 23.7 Å². The van der Waals surface area contributed by atoms with Gasteiger partial charge in [-0.25, -0.2) is 4.79 Å². The summed E-state index contributed by atoms with van der Waals surface area (Å²) in [6.45, 7) is 0.910. The third-order valence-corrected chi connectivity index (χ3v) is 4.85. The fourth-order valence-corrected chi connectivity index (χ4v) is 3.45. The molecule has 0 aliphatic heterocycles. The molecule has 0 saturated heterocycles. The average Bonchev–Trinajstić information content (AvgIpc) is 3.09. The summed E-state index contributed by atoms with van der Waals surface area (Å²) in [5.41, 5.74) is 2.89. The Kier molecular flexibility index (Phi) is 6.29. The summed E-state index contributed by atoms with van der Waals surface area (Å²) >= 11 is 0. The number of rotatable bonds is 8. The number of aromatic nitrogens is 1. The molecule has 0 aliphatic carbocycles. The number of nitrogens with zero attached hydrogens (tertiary/aromatic N) is 1. The van der Waals surface area contributed by atoms with Crippen LogP contribution in [0.15, 0.2) is 36.4 Å². The quantitative estimate of drug-likeness (QED) is 0.537. The maximum Gasteiger partial charge on any atom is 0.355 e. The van der Waals surface area contributed by atoms with Crippen LogP contribution in [0.3, 0.4) is 0 Å². The molecule has 3 rings (SSSR count). The normalized spacial score (nSPS) is 10.8. The fraction of sp³-hybridized carbons (Fsp3) is 0.318. The molecule has 2 aromatic carbocycles. The van der Waals surface area contributed by atoms with Crippen LogP contribution in [0.2, 0.25) is 0 Å². The van der Waals surface area contributed by atoms with E-state index in [0.717, 1.165) is 27.8 Å². The molecule has 0 bridgehead atoms. The van der Waals surface area contributed by atoms with Gasteiger partial charge in [-0.2, -0.15) is 0 Å². The minimum absolute atomic E-state index is 0.430. The van der Waals surface area contributed by atoms with Crippen LogP contribution in [0.1, 0.15) is 10.5 Å². The van der Waals surface area contributed by atoms with Gasteiger partial charge in [-0.15, -0.1) is 0 Å². The van der Waals surface area contributed by atoms with Gasteiger partial charge in [0, 0.05) is 30.7 Å². The third kappa shape index (κ3) is 3.73. The predicted octanol–water partition coefficient (Wildman–Crippen LogP) is 3.77. The van der Waals surface area contributed by atoms with E-state index in [0.29, 0.717) is 30.3 Å². The molecule has 0 atom stereocenters. The van der Waals surface area contributed by atoms with E-state index in [-0.39, 0.29) is 0 Å². The predicted molar refractivity (Wildman–Crippen MR) is 110 cm³/mol. The summed E-state index contributed by atoms with van der Waals surface area (Å²) < 4.78 is 28.5. The Morgan fingerprint density at radius 1 is 0.897 bits per heavy atom. The first-order valence-electron chi connectivity index (χ1n) is 9.09. The van der Waals surface area contributed by atoms with Crippen molar-refractivity contribution in [3.05, 3.63) is 42.1 Å². The molecule has 3 aromatic rings. The number of benzene rings is 2. The van der Waals surface area contributed by atoms with Crippen LogP contribution < -0.4 is 14.2 Å². The van der Waals surface area contributed by atoms with Gasteiger partial charge >= 0.3 is 5.97 Å². The van der Waals surface area contributed by atoms with Crippen LogP contribution in [0.25, 0.3) is 22.0 Å². The number of esters is 1.